The highest BCUT2D eigenvalue weighted by Crippen LogP contribution is 2.29. The molecule has 0 heterocycles. The number of halogens is 1. The van der Waals surface area contributed by atoms with Crippen LogP contribution in [0, 0.1) is 11.8 Å². The second-order valence-corrected chi connectivity index (χ2v) is 4.18. The van der Waals surface area contributed by atoms with Gasteiger partial charge in [0, 0.05) is 0 Å². The van der Waals surface area contributed by atoms with Crippen LogP contribution in [-0.4, -0.2) is 11.0 Å². The van der Waals surface area contributed by atoms with Crippen molar-refractivity contribution in [3.63, 3.8) is 0 Å². The van der Waals surface area contributed by atoms with Gasteiger partial charge in [0.15, 0.2) is 0 Å². The molecule has 3 N–H and O–H groups in total. The first-order valence-corrected chi connectivity index (χ1v) is 5.13. The van der Waals surface area contributed by atoms with Gasteiger partial charge < -0.3 is 9.42 Å². The molecule has 0 aromatic heterocycles. The largest absolute Gasteiger partial charge is 0.338 e. The first kappa shape index (κ1) is 15.1. The monoisotopic (exact) mass is 215 g/mol. The Morgan fingerprint density at radius 2 is 1.50 bits per heavy atom. The molecule has 0 spiro atoms. The number of nitrogens with two attached hydrogens (primary N) is 1. The molecule has 5 heteroatoms. The molecule has 0 radical (unpaired) electrons. The van der Waals surface area contributed by atoms with E-state index in [0.29, 0.717) is 11.8 Å². The highest BCUT2D eigenvalue weighted by atomic mass is 35.5. The zero-order valence-electron chi connectivity index (χ0n) is 8.02. The Labute approximate surface area is 82.1 Å². The molecule has 0 rings (SSSR count). The van der Waals surface area contributed by atoms with Gasteiger partial charge in [-0.3, -0.25) is 5.50 Å². The van der Waals surface area contributed by atoms with Crippen molar-refractivity contribution in [3.05, 3.63) is 0 Å². The van der Waals surface area contributed by atoms with Gasteiger partial charge >= 0.3 is 0 Å². The molecule has 0 amide bonds. The van der Waals surface area contributed by atoms with E-state index in [-0.39, 0.29) is 18.5 Å². The predicted molar refractivity (Wildman–Crippen MR) is 55.1 cm³/mol. The number of hydrogen-bond acceptors (Lipinski definition) is 3. The van der Waals surface area contributed by atoms with Gasteiger partial charge in [-0.15, -0.1) is 12.4 Å². The van der Waals surface area contributed by atoms with Gasteiger partial charge in [0.2, 0.25) is 8.53 Å². The van der Waals surface area contributed by atoms with Crippen LogP contribution in [0.25, 0.3) is 0 Å². The lowest BCUT2D eigenvalue weighted by molar-refractivity contribution is 0.107. The Bertz CT molecular complexity index is 104. The molecular weight excluding hydrogens is 197 g/mol. The van der Waals surface area contributed by atoms with Crippen LogP contribution in [0.3, 0.4) is 0 Å². The SMILES string of the molecule is CC(C)C(OP(N)O)C(C)C.Cl. The van der Waals surface area contributed by atoms with Crippen LogP contribution in [-0.2, 0) is 4.52 Å². The first-order valence-electron chi connectivity index (χ1n) is 3.85. The van der Waals surface area contributed by atoms with Gasteiger partial charge in [-0.25, -0.2) is 0 Å². The second kappa shape index (κ2) is 7.05. The Kier molecular flexibility index (Phi) is 8.86. The summed E-state index contributed by atoms with van der Waals surface area (Å²) in [6.45, 7) is 8.24. The maximum atomic E-state index is 8.84. The van der Waals surface area contributed by atoms with Crippen LogP contribution in [0.2, 0.25) is 0 Å². The smallest absolute Gasteiger partial charge is 0.250 e. The maximum Gasteiger partial charge on any atom is 0.250 e. The average Bonchev–Trinajstić information content (AvgIpc) is 1.81. The molecule has 0 aliphatic carbocycles. The molecule has 1 unspecified atom stereocenters. The first-order chi connectivity index (χ1) is 4.95. The zero-order valence-corrected chi connectivity index (χ0v) is 9.73. The van der Waals surface area contributed by atoms with Crippen molar-refractivity contribution in [2.24, 2.45) is 17.3 Å². The third kappa shape index (κ3) is 6.15. The minimum atomic E-state index is -1.70. The van der Waals surface area contributed by atoms with Crippen molar-refractivity contribution < 1.29 is 9.42 Å². The lowest BCUT2D eigenvalue weighted by atomic mass is 9.97. The van der Waals surface area contributed by atoms with Crippen LogP contribution in [0.15, 0.2) is 0 Å². The summed E-state index contributed by atoms with van der Waals surface area (Å²) in [7, 11) is -1.70. The van der Waals surface area contributed by atoms with E-state index in [4.69, 9.17) is 14.9 Å². The fourth-order valence-electron chi connectivity index (χ4n) is 1.14. The summed E-state index contributed by atoms with van der Waals surface area (Å²) in [5, 5.41) is 0. The average molecular weight is 216 g/mol. The Hall–Kier alpha value is 0.600. The molecule has 12 heavy (non-hydrogen) atoms. The van der Waals surface area contributed by atoms with Gasteiger partial charge in [-0.1, -0.05) is 27.7 Å². The molecule has 0 saturated carbocycles. The van der Waals surface area contributed by atoms with Crippen molar-refractivity contribution in [2.45, 2.75) is 33.8 Å². The minimum Gasteiger partial charge on any atom is -0.338 e. The molecule has 0 aliphatic heterocycles. The van der Waals surface area contributed by atoms with Crippen LogP contribution >= 0.6 is 20.9 Å². The van der Waals surface area contributed by atoms with Crippen LogP contribution in [0.4, 0.5) is 0 Å². The van der Waals surface area contributed by atoms with Crippen molar-refractivity contribution in [2.75, 3.05) is 0 Å². The summed E-state index contributed by atoms with van der Waals surface area (Å²) >= 11 is 0. The standard InChI is InChI=1S/C7H18NO2P.ClH/c1-5(2)7(6(3)4)10-11(8)9;/h5-7,9H,8H2,1-4H3;1H. The zero-order chi connectivity index (χ0) is 9.02. The van der Waals surface area contributed by atoms with E-state index < -0.39 is 8.53 Å². The van der Waals surface area contributed by atoms with Gasteiger partial charge in [0.05, 0.1) is 6.10 Å². The summed E-state index contributed by atoms with van der Waals surface area (Å²) in [5.74, 6) is 0.798. The summed E-state index contributed by atoms with van der Waals surface area (Å²) < 4.78 is 5.17. The lowest BCUT2D eigenvalue weighted by Gasteiger charge is -2.25. The highest BCUT2D eigenvalue weighted by Gasteiger charge is 2.20. The molecular formula is C7H19ClNO2P. The van der Waals surface area contributed by atoms with Crippen LogP contribution in [0.1, 0.15) is 27.7 Å². The number of hydrogen-bond donors (Lipinski definition) is 2. The third-order valence-electron chi connectivity index (χ3n) is 1.54. The molecule has 0 saturated heterocycles. The highest BCUT2D eigenvalue weighted by molar-refractivity contribution is 7.43. The Morgan fingerprint density at radius 1 is 1.17 bits per heavy atom. The third-order valence-corrected chi connectivity index (χ3v) is 2.00. The van der Waals surface area contributed by atoms with E-state index in [1.54, 1.807) is 0 Å². The summed E-state index contributed by atoms with van der Waals surface area (Å²) in [5.41, 5.74) is 5.17. The summed E-state index contributed by atoms with van der Waals surface area (Å²) in [6.07, 6.45) is 0.0658. The quantitative estimate of drug-likeness (QED) is 0.708. The lowest BCUT2D eigenvalue weighted by Crippen LogP contribution is -2.24. The maximum absolute atomic E-state index is 8.84. The summed E-state index contributed by atoms with van der Waals surface area (Å²) in [4.78, 5) is 8.84. The normalized spacial score (nSPS) is 13.8. The molecule has 76 valence electrons. The van der Waals surface area contributed by atoms with E-state index in [2.05, 4.69) is 27.7 Å². The van der Waals surface area contributed by atoms with E-state index in [0.717, 1.165) is 0 Å². The van der Waals surface area contributed by atoms with Gasteiger partial charge in [0.1, 0.15) is 0 Å². The Morgan fingerprint density at radius 3 is 1.58 bits per heavy atom. The van der Waals surface area contributed by atoms with Crippen LogP contribution < -0.4 is 5.50 Å². The van der Waals surface area contributed by atoms with Gasteiger partial charge in [-0.2, -0.15) is 0 Å². The van der Waals surface area contributed by atoms with Crippen molar-refractivity contribution in [3.8, 4) is 0 Å². The minimum absolute atomic E-state index is 0. The molecule has 0 aromatic carbocycles. The molecule has 1 atom stereocenters. The molecule has 3 nitrogen and oxygen atoms in total. The van der Waals surface area contributed by atoms with Crippen molar-refractivity contribution in [1.29, 1.82) is 0 Å². The second-order valence-electron chi connectivity index (χ2n) is 3.36. The van der Waals surface area contributed by atoms with Crippen molar-refractivity contribution >= 4 is 20.9 Å². The number of rotatable bonds is 4. The van der Waals surface area contributed by atoms with E-state index in [9.17, 15) is 0 Å². The molecule has 0 fully saturated rings. The fraction of sp³-hybridized carbons (Fsp3) is 1.00. The summed E-state index contributed by atoms with van der Waals surface area (Å²) in [6, 6.07) is 0. The molecule has 0 aromatic rings. The Balaban J connectivity index is 0. The molecule has 0 aliphatic rings. The molecule has 0 bridgehead atoms. The van der Waals surface area contributed by atoms with E-state index in [1.807, 2.05) is 0 Å². The predicted octanol–water partition coefficient (Wildman–Crippen LogP) is 2.28. The van der Waals surface area contributed by atoms with Gasteiger partial charge in [0.25, 0.3) is 0 Å². The van der Waals surface area contributed by atoms with Gasteiger partial charge in [-0.05, 0) is 11.8 Å². The topological polar surface area (TPSA) is 55.5 Å². The fourth-order valence-corrected chi connectivity index (χ4v) is 1.87. The van der Waals surface area contributed by atoms with E-state index in [1.165, 1.54) is 0 Å². The van der Waals surface area contributed by atoms with Crippen LogP contribution in [0.5, 0.6) is 0 Å². The van der Waals surface area contributed by atoms with Crippen molar-refractivity contribution in [1.82, 2.24) is 0 Å². The van der Waals surface area contributed by atoms with E-state index >= 15 is 0 Å².